The van der Waals surface area contributed by atoms with Crippen molar-refractivity contribution in [3.8, 4) is 0 Å². The second-order valence-corrected chi connectivity index (χ2v) is 7.29. The molecular formula is C20H28ClN5O. The van der Waals surface area contributed by atoms with E-state index in [-0.39, 0.29) is 6.10 Å². The minimum absolute atomic E-state index is 0.117. The average molecular weight is 390 g/mol. The molecule has 7 heteroatoms. The Balaban J connectivity index is 1.69. The number of halogens is 1. The minimum atomic E-state index is -0.117. The molecule has 2 aromatic rings. The summed E-state index contributed by atoms with van der Waals surface area (Å²) in [6, 6.07) is 7.77. The van der Waals surface area contributed by atoms with Gasteiger partial charge in [-0.05, 0) is 36.6 Å². The van der Waals surface area contributed by atoms with Gasteiger partial charge in [0.25, 0.3) is 0 Å². The lowest BCUT2D eigenvalue weighted by molar-refractivity contribution is 0.110. The van der Waals surface area contributed by atoms with Gasteiger partial charge in [-0.25, -0.2) is 0 Å². The number of ether oxygens (including phenoxy) is 1. The molecule has 3 rings (SSSR count). The van der Waals surface area contributed by atoms with Crippen LogP contribution in [0.5, 0.6) is 0 Å². The van der Waals surface area contributed by atoms with Gasteiger partial charge in [0.05, 0.1) is 12.7 Å². The van der Waals surface area contributed by atoms with Crippen LogP contribution in [-0.2, 0) is 11.8 Å². The van der Waals surface area contributed by atoms with Crippen LogP contribution in [0.3, 0.4) is 0 Å². The van der Waals surface area contributed by atoms with E-state index in [1.807, 2.05) is 42.2 Å². The first-order valence-electron chi connectivity index (χ1n) is 9.40. The summed E-state index contributed by atoms with van der Waals surface area (Å²) in [4.78, 5) is 7.17. The largest absolute Gasteiger partial charge is 0.375 e. The number of aromatic nitrogens is 2. The van der Waals surface area contributed by atoms with Gasteiger partial charge in [-0.15, -0.1) is 0 Å². The lowest BCUT2D eigenvalue weighted by atomic mass is 10.0. The molecule has 6 nitrogen and oxygen atoms in total. The van der Waals surface area contributed by atoms with Crippen molar-refractivity contribution in [1.29, 1.82) is 0 Å². The van der Waals surface area contributed by atoms with Crippen molar-refractivity contribution < 1.29 is 4.74 Å². The Bertz CT molecular complexity index is 775. The smallest absolute Gasteiger partial charge is 0.194 e. The summed E-state index contributed by atoms with van der Waals surface area (Å²) in [5, 5.41) is 8.43. The molecule has 1 aliphatic rings. The van der Waals surface area contributed by atoms with Gasteiger partial charge in [0.2, 0.25) is 0 Å². The highest BCUT2D eigenvalue weighted by Crippen LogP contribution is 2.27. The highest BCUT2D eigenvalue weighted by molar-refractivity contribution is 6.30. The Morgan fingerprint density at radius 2 is 2.33 bits per heavy atom. The molecule has 0 saturated carbocycles. The van der Waals surface area contributed by atoms with Gasteiger partial charge in [-0.1, -0.05) is 23.7 Å². The van der Waals surface area contributed by atoms with E-state index in [4.69, 9.17) is 21.3 Å². The summed E-state index contributed by atoms with van der Waals surface area (Å²) < 4.78 is 7.52. The summed E-state index contributed by atoms with van der Waals surface area (Å²) in [5.74, 6) is 1.43. The van der Waals surface area contributed by atoms with E-state index in [0.717, 1.165) is 37.6 Å². The SMILES string of the molecule is CCNC(=NCC(OC)c1cccc(Cl)c1)N1CCC(c2cnn(C)c2)C1. The van der Waals surface area contributed by atoms with Gasteiger partial charge in [0.1, 0.15) is 6.10 Å². The topological polar surface area (TPSA) is 54.7 Å². The zero-order valence-electron chi connectivity index (χ0n) is 16.2. The second kappa shape index (κ2) is 9.24. The van der Waals surface area contributed by atoms with Crippen molar-refractivity contribution in [3.63, 3.8) is 0 Å². The quantitative estimate of drug-likeness (QED) is 0.608. The number of aliphatic imine (C=N–C) groups is 1. The van der Waals surface area contributed by atoms with Gasteiger partial charge >= 0.3 is 0 Å². The fraction of sp³-hybridized carbons (Fsp3) is 0.500. The fourth-order valence-corrected chi connectivity index (χ4v) is 3.69. The number of rotatable bonds is 6. The van der Waals surface area contributed by atoms with Crippen molar-refractivity contribution in [1.82, 2.24) is 20.0 Å². The molecular weight excluding hydrogens is 362 g/mol. The lowest BCUT2D eigenvalue weighted by Crippen LogP contribution is -2.40. The molecule has 2 unspecified atom stereocenters. The molecule has 0 spiro atoms. The second-order valence-electron chi connectivity index (χ2n) is 6.85. The predicted molar refractivity (Wildman–Crippen MR) is 109 cm³/mol. The monoisotopic (exact) mass is 389 g/mol. The van der Waals surface area contributed by atoms with Crippen molar-refractivity contribution in [2.45, 2.75) is 25.4 Å². The maximum atomic E-state index is 6.12. The molecule has 0 aliphatic carbocycles. The number of aryl methyl sites for hydroxylation is 1. The standard InChI is InChI=1S/C20H28ClN5O/c1-4-22-20(23-12-19(27-3)15-6-5-7-18(21)10-15)26-9-8-16(14-26)17-11-24-25(2)13-17/h5-7,10-11,13,16,19H,4,8-9,12,14H2,1-3H3,(H,22,23). The predicted octanol–water partition coefficient (Wildman–Crippen LogP) is 3.22. The molecule has 27 heavy (non-hydrogen) atoms. The molecule has 0 radical (unpaired) electrons. The zero-order valence-corrected chi connectivity index (χ0v) is 17.0. The Hall–Kier alpha value is -2.05. The third-order valence-electron chi connectivity index (χ3n) is 4.93. The summed E-state index contributed by atoms with van der Waals surface area (Å²) in [7, 11) is 3.67. The Labute approximate surface area is 166 Å². The van der Waals surface area contributed by atoms with E-state index in [2.05, 4.69) is 28.4 Å². The van der Waals surface area contributed by atoms with Crippen molar-refractivity contribution in [2.24, 2.45) is 12.0 Å². The van der Waals surface area contributed by atoms with Crippen LogP contribution in [0.4, 0.5) is 0 Å². The Kier molecular flexibility index (Phi) is 6.74. The van der Waals surface area contributed by atoms with E-state index in [1.165, 1.54) is 5.56 Å². The normalized spacial score (nSPS) is 18.7. The molecule has 2 atom stereocenters. The molecule has 2 heterocycles. The summed E-state index contributed by atoms with van der Waals surface area (Å²) in [6.45, 7) is 5.41. The van der Waals surface area contributed by atoms with Crippen molar-refractivity contribution >= 4 is 17.6 Å². The first-order chi connectivity index (χ1) is 13.1. The van der Waals surface area contributed by atoms with E-state index in [0.29, 0.717) is 17.5 Å². The number of nitrogens with one attached hydrogen (secondary N) is 1. The summed E-state index contributed by atoms with van der Waals surface area (Å²) in [6.07, 6.45) is 5.07. The summed E-state index contributed by atoms with van der Waals surface area (Å²) >= 11 is 6.12. The van der Waals surface area contributed by atoms with Crippen LogP contribution >= 0.6 is 11.6 Å². The van der Waals surface area contributed by atoms with Crippen molar-refractivity contribution in [2.75, 3.05) is 33.3 Å². The third kappa shape index (κ3) is 5.02. The number of hydrogen-bond donors (Lipinski definition) is 1. The van der Waals surface area contributed by atoms with Crippen LogP contribution in [-0.4, -0.2) is 53.9 Å². The van der Waals surface area contributed by atoms with Crippen LogP contribution in [0, 0.1) is 0 Å². The maximum Gasteiger partial charge on any atom is 0.194 e. The molecule has 1 fully saturated rings. The average Bonchev–Trinajstić information content (AvgIpc) is 3.30. The third-order valence-corrected chi connectivity index (χ3v) is 5.17. The summed E-state index contributed by atoms with van der Waals surface area (Å²) in [5.41, 5.74) is 2.34. The number of guanidine groups is 1. The molecule has 0 amide bonds. The molecule has 0 bridgehead atoms. The Morgan fingerprint density at radius 3 is 3.00 bits per heavy atom. The van der Waals surface area contributed by atoms with Gasteiger partial charge < -0.3 is 15.0 Å². The van der Waals surface area contributed by atoms with Crippen LogP contribution in [0.15, 0.2) is 41.7 Å². The van der Waals surface area contributed by atoms with Crippen LogP contribution in [0.25, 0.3) is 0 Å². The van der Waals surface area contributed by atoms with E-state index < -0.39 is 0 Å². The number of hydrogen-bond acceptors (Lipinski definition) is 3. The van der Waals surface area contributed by atoms with Gasteiger partial charge in [0.15, 0.2) is 5.96 Å². The van der Waals surface area contributed by atoms with Crippen LogP contribution < -0.4 is 5.32 Å². The first kappa shape index (κ1) is 19.7. The molecule has 1 aromatic heterocycles. The Morgan fingerprint density at radius 1 is 1.48 bits per heavy atom. The highest BCUT2D eigenvalue weighted by Gasteiger charge is 2.27. The number of nitrogens with zero attached hydrogens (tertiary/aromatic N) is 4. The highest BCUT2D eigenvalue weighted by atomic mass is 35.5. The number of likely N-dealkylation sites (tertiary alicyclic amines) is 1. The van der Waals surface area contributed by atoms with Gasteiger partial charge in [-0.2, -0.15) is 5.10 Å². The lowest BCUT2D eigenvalue weighted by Gasteiger charge is -2.23. The van der Waals surface area contributed by atoms with E-state index >= 15 is 0 Å². The number of methoxy groups -OCH3 is 1. The first-order valence-corrected chi connectivity index (χ1v) is 9.78. The molecule has 1 aromatic carbocycles. The molecule has 1 saturated heterocycles. The fourth-order valence-electron chi connectivity index (χ4n) is 3.49. The van der Waals surface area contributed by atoms with Crippen LogP contribution in [0.2, 0.25) is 5.02 Å². The maximum absolute atomic E-state index is 6.12. The van der Waals surface area contributed by atoms with E-state index in [1.54, 1.807) is 7.11 Å². The molecule has 146 valence electrons. The molecule has 1 N–H and O–H groups in total. The minimum Gasteiger partial charge on any atom is -0.375 e. The van der Waals surface area contributed by atoms with Gasteiger partial charge in [-0.3, -0.25) is 9.67 Å². The van der Waals surface area contributed by atoms with Crippen molar-refractivity contribution in [3.05, 3.63) is 52.8 Å². The number of benzene rings is 1. The zero-order chi connectivity index (χ0) is 19.2. The van der Waals surface area contributed by atoms with E-state index in [9.17, 15) is 0 Å². The molecule has 1 aliphatic heterocycles. The van der Waals surface area contributed by atoms with Crippen LogP contribution in [0.1, 0.15) is 36.5 Å². The van der Waals surface area contributed by atoms with Gasteiger partial charge in [0, 0.05) is 50.9 Å².